The van der Waals surface area contributed by atoms with Crippen molar-refractivity contribution in [2.75, 3.05) is 7.11 Å². The van der Waals surface area contributed by atoms with E-state index >= 15 is 0 Å². The first kappa shape index (κ1) is 21.3. The third-order valence-corrected chi connectivity index (χ3v) is 6.09. The van der Waals surface area contributed by atoms with E-state index in [2.05, 4.69) is 15.7 Å². The summed E-state index contributed by atoms with van der Waals surface area (Å²) in [5.74, 6) is -1.17. The molecule has 5 rings (SSSR count). The monoisotopic (exact) mass is 458 g/mol. The number of fused-ring (bicyclic) bond motifs is 2. The van der Waals surface area contributed by atoms with Gasteiger partial charge in [-0.15, -0.1) is 0 Å². The first-order chi connectivity index (χ1) is 15.7. The molecule has 2 aliphatic heterocycles. The number of aromatic nitrogens is 1. The zero-order valence-corrected chi connectivity index (χ0v) is 18.0. The molecule has 1 saturated heterocycles. The van der Waals surface area contributed by atoms with E-state index in [0.29, 0.717) is 28.1 Å². The van der Waals surface area contributed by atoms with Crippen molar-refractivity contribution in [2.24, 2.45) is 0 Å². The highest BCUT2D eigenvalue weighted by Crippen LogP contribution is 2.43. The number of hydrazine groups is 1. The average Bonchev–Trinajstić information content (AvgIpc) is 3.36. The first-order valence-electron chi connectivity index (χ1n) is 10.3. The van der Waals surface area contributed by atoms with E-state index in [9.17, 15) is 18.0 Å². The van der Waals surface area contributed by atoms with Gasteiger partial charge in [0.1, 0.15) is 17.8 Å². The van der Waals surface area contributed by atoms with Gasteiger partial charge in [-0.2, -0.15) is 13.2 Å². The number of aryl methyl sites for hydroxylation is 1. The van der Waals surface area contributed by atoms with Crippen molar-refractivity contribution in [3.63, 3.8) is 0 Å². The molecule has 0 radical (unpaired) electrons. The van der Waals surface area contributed by atoms with Crippen LogP contribution in [0.2, 0.25) is 0 Å². The second kappa shape index (κ2) is 7.51. The molecule has 0 aliphatic carbocycles. The number of amides is 1. The quantitative estimate of drug-likeness (QED) is 0.621. The van der Waals surface area contributed by atoms with Crippen LogP contribution in [0.25, 0.3) is 16.7 Å². The predicted molar refractivity (Wildman–Crippen MR) is 114 cm³/mol. The summed E-state index contributed by atoms with van der Waals surface area (Å²) in [6.45, 7) is 3.48. The fourth-order valence-electron chi connectivity index (χ4n) is 4.58. The number of hydrogen-bond donors (Lipinski definition) is 2. The number of carbonyl (C=O) groups excluding carboxylic acids is 1. The number of carbonyl (C=O) groups is 1. The second-order valence-electron chi connectivity index (χ2n) is 8.13. The van der Waals surface area contributed by atoms with Crippen LogP contribution in [-0.2, 0) is 4.79 Å². The zero-order valence-electron chi connectivity index (χ0n) is 18.0. The largest absolute Gasteiger partial charge is 0.494 e. The Morgan fingerprint density at radius 3 is 2.52 bits per heavy atom. The molecule has 3 atom stereocenters. The lowest BCUT2D eigenvalue weighted by Crippen LogP contribution is -2.54. The fraction of sp³-hybridized carbons (Fsp3) is 0.304. The predicted octanol–water partition coefficient (Wildman–Crippen LogP) is 3.87. The molecule has 1 amide bonds. The molecule has 3 aromatic rings. The molecule has 2 N–H and O–H groups in total. The molecule has 0 saturated carbocycles. The van der Waals surface area contributed by atoms with Crippen molar-refractivity contribution >= 4 is 22.6 Å². The number of alkyl halides is 3. The molecule has 172 valence electrons. The summed E-state index contributed by atoms with van der Waals surface area (Å²) >= 11 is 0. The third-order valence-electron chi connectivity index (χ3n) is 6.09. The Labute approximate surface area is 187 Å². The van der Waals surface area contributed by atoms with Gasteiger partial charge in [0.15, 0.2) is 16.8 Å². The molecule has 2 aliphatic rings. The molecule has 7 nitrogen and oxygen atoms in total. The molecule has 33 heavy (non-hydrogen) atoms. The minimum atomic E-state index is -4.57. The van der Waals surface area contributed by atoms with Crippen molar-refractivity contribution in [1.29, 1.82) is 0 Å². The van der Waals surface area contributed by atoms with E-state index < -0.39 is 30.2 Å². The molecule has 10 heteroatoms. The summed E-state index contributed by atoms with van der Waals surface area (Å²) in [5.41, 5.74) is 4.98. The Morgan fingerprint density at radius 2 is 1.85 bits per heavy atom. The third kappa shape index (κ3) is 3.32. The lowest BCUT2D eigenvalue weighted by atomic mass is 9.89. The van der Waals surface area contributed by atoms with Crippen LogP contribution in [0.3, 0.4) is 0 Å². The van der Waals surface area contributed by atoms with Crippen LogP contribution in [-0.4, -0.2) is 41.4 Å². The first-order valence-corrected chi connectivity index (χ1v) is 10.3. The molecule has 1 fully saturated rings. The van der Waals surface area contributed by atoms with Gasteiger partial charge in [-0.3, -0.25) is 4.79 Å². The van der Waals surface area contributed by atoms with Crippen LogP contribution in [0.15, 0.2) is 52.6 Å². The van der Waals surface area contributed by atoms with Crippen LogP contribution >= 0.6 is 0 Å². The smallest absolute Gasteiger partial charge is 0.406 e. The van der Waals surface area contributed by atoms with Crippen LogP contribution in [0.4, 0.5) is 13.2 Å². The van der Waals surface area contributed by atoms with Crippen molar-refractivity contribution in [3.8, 4) is 5.75 Å². The lowest BCUT2D eigenvalue weighted by Gasteiger charge is -2.34. The summed E-state index contributed by atoms with van der Waals surface area (Å²) < 4.78 is 53.1. The highest BCUT2D eigenvalue weighted by molar-refractivity contribution is 6.20. The van der Waals surface area contributed by atoms with Gasteiger partial charge in [-0.25, -0.2) is 15.4 Å². The van der Waals surface area contributed by atoms with Gasteiger partial charge >= 0.3 is 6.18 Å². The summed E-state index contributed by atoms with van der Waals surface area (Å²) in [6, 6.07) is 9.92. The molecular weight excluding hydrogens is 437 g/mol. The highest BCUT2D eigenvalue weighted by Gasteiger charge is 2.58. The number of nitrogens with one attached hydrogen (secondary N) is 2. The number of nitrogens with zero attached hydrogens (tertiary/aromatic N) is 2. The summed E-state index contributed by atoms with van der Waals surface area (Å²) in [6.07, 6.45) is -5.51. The van der Waals surface area contributed by atoms with Crippen LogP contribution in [0.5, 0.6) is 5.75 Å². The maximum absolute atomic E-state index is 14.0. The van der Waals surface area contributed by atoms with Gasteiger partial charge in [0.05, 0.1) is 13.0 Å². The minimum absolute atomic E-state index is 0.0101. The topological polar surface area (TPSA) is 79.6 Å². The number of allylic oxidation sites excluding steroid dienone is 1. The summed E-state index contributed by atoms with van der Waals surface area (Å²) in [4.78, 5) is 17.9. The van der Waals surface area contributed by atoms with Gasteiger partial charge in [-0.1, -0.05) is 36.4 Å². The van der Waals surface area contributed by atoms with Gasteiger partial charge < -0.3 is 14.5 Å². The van der Waals surface area contributed by atoms with Crippen molar-refractivity contribution in [3.05, 3.63) is 65.2 Å². The molecule has 2 aromatic carbocycles. The fourth-order valence-corrected chi connectivity index (χ4v) is 4.58. The molecule has 3 unspecified atom stereocenters. The molecule has 0 bridgehead atoms. The highest BCUT2D eigenvalue weighted by atomic mass is 19.4. The Hall–Kier alpha value is -3.53. The van der Waals surface area contributed by atoms with E-state index in [1.165, 1.54) is 7.11 Å². The van der Waals surface area contributed by atoms with E-state index in [4.69, 9.17) is 9.15 Å². The maximum Gasteiger partial charge on any atom is 0.406 e. The Morgan fingerprint density at radius 1 is 1.12 bits per heavy atom. The SMILES string of the molecule is COc1c(C)ccc2oc(C3=C(C)NC4C(c5ccccc5)C(C(F)(F)F)NN4C3=O)nc12. The van der Waals surface area contributed by atoms with Gasteiger partial charge in [0.2, 0.25) is 5.89 Å². The minimum Gasteiger partial charge on any atom is -0.494 e. The number of oxazole rings is 1. The van der Waals surface area contributed by atoms with Crippen molar-refractivity contribution in [1.82, 2.24) is 20.7 Å². The summed E-state index contributed by atoms with van der Waals surface area (Å²) in [5, 5.41) is 4.08. The second-order valence-corrected chi connectivity index (χ2v) is 8.13. The molecule has 3 heterocycles. The lowest BCUT2D eigenvalue weighted by molar-refractivity contribution is -0.161. The molecule has 1 aromatic heterocycles. The molecular formula is C23H21F3N4O3. The van der Waals surface area contributed by atoms with E-state index in [0.717, 1.165) is 10.6 Å². The number of methoxy groups -OCH3 is 1. The normalized spacial score (nSPS) is 23.2. The van der Waals surface area contributed by atoms with Crippen molar-refractivity contribution < 1.29 is 27.1 Å². The van der Waals surface area contributed by atoms with Crippen LogP contribution in [0, 0.1) is 6.92 Å². The average molecular weight is 458 g/mol. The Bertz CT molecular complexity index is 1270. The Kier molecular flexibility index (Phi) is 4.86. The van der Waals surface area contributed by atoms with E-state index in [1.807, 2.05) is 6.92 Å². The number of rotatable bonds is 3. The van der Waals surface area contributed by atoms with Gasteiger partial charge in [0.25, 0.3) is 5.91 Å². The number of halogens is 3. The zero-order chi connectivity index (χ0) is 23.5. The summed E-state index contributed by atoms with van der Waals surface area (Å²) in [7, 11) is 1.51. The maximum atomic E-state index is 14.0. The molecule has 0 spiro atoms. The number of ether oxygens (including phenoxy) is 1. The van der Waals surface area contributed by atoms with Crippen LogP contribution < -0.4 is 15.5 Å². The standard InChI is InChI=1S/C23H21F3N4O3/c1-11-9-10-14-17(18(11)32-3)28-21(33-14)15-12(2)27-20-16(13-7-5-4-6-8-13)19(23(24,25)26)29-30(20)22(15)31/h4-10,16,19-20,27,29H,1-3H3. The van der Waals surface area contributed by atoms with Gasteiger partial charge in [-0.05, 0) is 31.0 Å². The number of benzene rings is 2. The van der Waals surface area contributed by atoms with E-state index in [-0.39, 0.29) is 11.5 Å². The Balaban J connectivity index is 1.59. The van der Waals surface area contributed by atoms with Crippen LogP contribution in [0.1, 0.15) is 29.9 Å². The van der Waals surface area contributed by atoms with Crippen molar-refractivity contribution in [2.45, 2.75) is 38.1 Å². The van der Waals surface area contributed by atoms with E-state index in [1.54, 1.807) is 49.4 Å². The number of hydrogen-bond acceptors (Lipinski definition) is 6. The van der Waals surface area contributed by atoms with Gasteiger partial charge in [0, 0.05) is 5.70 Å².